The summed E-state index contributed by atoms with van der Waals surface area (Å²) >= 11 is 1.67. The van der Waals surface area contributed by atoms with E-state index in [0.717, 1.165) is 12.2 Å². The van der Waals surface area contributed by atoms with Crippen molar-refractivity contribution < 1.29 is 0 Å². The highest BCUT2D eigenvalue weighted by Gasteiger charge is 2.13. The fraction of sp³-hybridized carbons (Fsp3) is 0.250. The molecule has 2 aromatic rings. The zero-order valence-electron chi connectivity index (χ0n) is 7.47. The molecule has 0 aliphatic rings. The zero-order valence-corrected chi connectivity index (χ0v) is 8.29. The van der Waals surface area contributed by atoms with E-state index in [-0.39, 0.29) is 6.04 Å². The molecule has 2 heterocycles. The molecule has 74 valence electrons. The van der Waals surface area contributed by atoms with Crippen LogP contribution < -0.4 is 11.3 Å². The van der Waals surface area contributed by atoms with Crippen molar-refractivity contribution in [1.82, 2.24) is 20.6 Å². The van der Waals surface area contributed by atoms with Gasteiger partial charge in [-0.05, 0) is 28.8 Å². The van der Waals surface area contributed by atoms with E-state index in [2.05, 4.69) is 32.1 Å². The highest BCUT2D eigenvalue weighted by Crippen LogP contribution is 2.15. The summed E-state index contributed by atoms with van der Waals surface area (Å²) in [5.74, 6) is 6.21. The highest BCUT2D eigenvalue weighted by atomic mass is 32.1. The third kappa shape index (κ3) is 1.98. The van der Waals surface area contributed by atoms with Crippen LogP contribution in [0.4, 0.5) is 0 Å². The van der Waals surface area contributed by atoms with Crippen LogP contribution in [0.1, 0.15) is 17.4 Å². The van der Waals surface area contributed by atoms with Gasteiger partial charge in [0, 0.05) is 0 Å². The summed E-state index contributed by atoms with van der Waals surface area (Å²) in [6.45, 7) is 0. The van der Waals surface area contributed by atoms with Gasteiger partial charge in [-0.15, -0.1) is 0 Å². The van der Waals surface area contributed by atoms with Gasteiger partial charge >= 0.3 is 0 Å². The Labute approximate surface area is 85.3 Å². The lowest BCUT2D eigenvalue weighted by Crippen LogP contribution is -2.30. The average Bonchev–Trinajstić information content (AvgIpc) is 2.86. The van der Waals surface area contributed by atoms with E-state index >= 15 is 0 Å². The topological polar surface area (TPSA) is 79.6 Å². The maximum Gasteiger partial charge on any atom is 0.143 e. The Morgan fingerprint density at radius 1 is 1.64 bits per heavy atom. The number of nitrogens with two attached hydrogens (primary N) is 1. The molecule has 0 saturated carbocycles. The molecule has 0 radical (unpaired) electrons. The molecule has 0 amide bonds. The van der Waals surface area contributed by atoms with Gasteiger partial charge in [0.25, 0.3) is 0 Å². The van der Waals surface area contributed by atoms with E-state index in [1.165, 1.54) is 11.9 Å². The van der Waals surface area contributed by atoms with Gasteiger partial charge in [-0.1, -0.05) is 0 Å². The Balaban J connectivity index is 2.08. The lowest BCUT2D eigenvalue weighted by atomic mass is 10.1. The quantitative estimate of drug-likeness (QED) is 0.509. The number of hydrazine groups is 1. The molecule has 0 spiro atoms. The van der Waals surface area contributed by atoms with Crippen LogP contribution in [0.3, 0.4) is 0 Å². The predicted molar refractivity (Wildman–Crippen MR) is 54.5 cm³/mol. The number of hydrogen-bond donors (Lipinski definition) is 3. The minimum atomic E-state index is -0.00731. The van der Waals surface area contributed by atoms with Crippen molar-refractivity contribution in [3.8, 4) is 0 Å². The lowest BCUT2D eigenvalue weighted by Gasteiger charge is -2.11. The second kappa shape index (κ2) is 4.32. The summed E-state index contributed by atoms with van der Waals surface area (Å²) in [5.41, 5.74) is 3.96. The molecule has 4 N–H and O–H groups in total. The van der Waals surface area contributed by atoms with Crippen molar-refractivity contribution in [2.75, 3.05) is 0 Å². The average molecular weight is 209 g/mol. The number of H-pyrrole nitrogens is 1. The first-order chi connectivity index (χ1) is 6.90. The smallest absolute Gasteiger partial charge is 0.143 e. The van der Waals surface area contributed by atoms with Crippen LogP contribution in [-0.2, 0) is 6.42 Å². The van der Waals surface area contributed by atoms with Crippen LogP contribution in [0.25, 0.3) is 0 Å². The van der Waals surface area contributed by atoms with E-state index in [1.54, 1.807) is 11.3 Å². The van der Waals surface area contributed by atoms with Crippen LogP contribution in [0.15, 0.2) is 23.2 Å². The number of nitrogens with one attached hydrogen (secondary N) is 2. The van der Waals surface area contributed by atoms with E-state index in [9.17, 15) is 0 Å². The maximum atomic E-state index is 5.45. The summed E-state index contributed by atoms with van der Waals surface area (Å²) in [5, 5.41) is 10.7. The summed E-state index contributed by atoms with van der Waals surface area (Å²) < 4.78 is 0. The second-order valence-electron chi connectivity index (χ2n) is 2.93. The largest absolute Gasteiger partial charge is 0.271 e. The molecule has 0 aliphatic carbocycles. The van der Waals surface area contributed by atoms with Crippen LogP contribution in [-0.4, -0.2) is 15.2 Å². The highest BCUT2D eigenvalue weighted by molar-refractivity contribution is 7.07. The third-order valence-corrected chi connectivity index (χ3v) is 2.72. The summed E-state index contributed by atoms with van der Waals surface area (Å²) in [7, 11) is 0. The van der Waals surface area contributed by atoms with Crippen LogP contribution in [0, 0.1) is 0 Å². The molecule has 2 aromatic heterocycles. The van der Waals surface area contributed by atoms with Gasteiger partial charge in [-0.3, -0.25) is 10.9 Å². The van der Waals surface area contributed by atoms with Gasteiger partial charge in [-0.2, -0.15) is 16.4 Å². The lowest BCUT2D eigenvalue weighted by molar-refractivity contribution is 0.525. The standard InChI is InChI=1S/C8H11N5S/c9-12-7(8-10-5-11-13-8)3-6-1-2-14-4-6/h1-2,4-5,7,12H,3,9H2,(H,10,11,13). The van der Waals surface area contributed by atoms with E-state index in [4.69, 9.17) is 5.84 Å². The molecule has 14 heavy (non-hydrogen) atoms. The predicted octanol–water partition coefficient (Wildman–Crippen LogP) is 0.613. The molecule has 0 bridgehead atoms. The zero-order chi connectivity index (χ0) is 9.80. The van der Waals surface area contributed by atoms with Crippen molar-refractivity contribution in [3.05, 3.63) is 34.5 Å². The molecular formula is C8H11N5S. The maximum absolute atomic E-state index is 5.45. The molecule has 2 rings (SSSR count). The van der Waals surface area contributed by atoms with Crippen molar-refractivity contribution in [1.29, 1.82) is 0 Å². The first-order valence-electron chi connectivity index (χ1n) is 4.22. The number of nitrogens with zero attached hydrogens (tertiary/aromatic N) is 2. The normalized spacial score (nSPS) is 12.9. The molecule has 5 nitrogen and oxygen atoms in total. The first kappa shape index (κ1) is 9.32. The summed E-state index contributed by atoms with van der Waals surface area (Å²) in [6.07, 6.45) is 2.29. The van der Waals surface area contributed by atoms with Crippen molar-refractivity contribution in [2.24, 2.45) is 5.84 Å². The number of hydrogen-bond acceptors (Lipinski definition) is 5. The monoisotopic (exact) mass is 209 g/mol. The molecule has 1 atom stereocenters. The molecule has 0 aromatic carbocycles. The fourth-order valence-electron chi connectivity index (χ4n) is 1.26. The van der Waals surface area contributed by atoms with Gasteiger partial charge in [-0.25, -0.2) is 10.4 Å². The van der Waals surface area contributed by atoms with Crippen molar-refractivity contribution >= 4 is 11.3 Å². The Bertz CT molecular complexity index is 355. The van der Waals surface area contributed by atoms with Crippen LogP contribution in [0.5, 0.6) is 0 Å². The fourth-order valence-corrected chi connectivity index (χ4v) is 1.94. The Kier molecular flexibility index (Phi) is 2.87. The number of thiophene rings is 1. The molecule has 0 saturated heterocycles. The SMILES string of the molecule is NNC(Cc1ccsc1)c1ncn[nH]1. The number of aromatic amines is 1. The van der Waals surface area contributed by atoms with E-state index in [0.29, 0.717) is 0 Å². The number of rotatable bonds is 4. The minimum absolute atomic E-state index is 0.00731. The Morgan fingerprint density at radius 2 is 2.57 bits per heavy atom. The van der Waals surface area contributed by atoms with Crippen molar-refractivity contribution in [2.45, 2.75) is 12.5 Å². The molecule has 6 heteroatoms. The van der Waals surface area contributed by atoms with Crippen LogP contribution in [0.2, 0.25) is 0 Å². The van der Waals surface area contributed by atoms with Crippen LogP contribution >= 0.6 is 11.3 Å². The minimum Gasteiger partial charge on any atom is -0.271 e. The Morgan fingerprint density at radius 3 is 3.14 bits per heavy atom. The van der Waals surface area contributed by atoms with Gasteiger partial charge in [0.05, 0.1) is 6.04 Å². The first-order valence-corrected chi connectivity index (χ1v) is 5.17. The third-order valence-electron chi connectivity index (χ3n) is 1.98. The van der Waals surface area contributed by atoms with Gasteiger partial charge in [0.1, 0.15) is 12.2 Å². The van der Waals surface area contributed by atoms with Crippen molar-refractivity contribution in [3.63, 3.8) is 0 Å². The molecule has 0 aliphatic heterocycles. The molecule has 0 fully saturated rings. The molecule has 1 unspecified atom stereocenters. The second-order valence-corrected chi connectivity index (χ2v) is 3.71. The van der Waals surface area contributed by atoms with Gasteiger partial charge < -0.3 is 0 Å². The van der Waals surface area contributed by atoms with E-state index in [1.807, 2.05) is 5.38 Å². The van der Waals surface area contributed by atoms with Gasteiger partial charge in [0.15, 0.2) is 0 Å². The summed E-state index contributed by atoms with van der Waals surface area (Å²) in [6, 6.07) is 2.07. The van der Waals surface area contributed by atoms with E-state index < -0.39 is 0 Å². The molecular weight excluding hydrogens is 198 g/mol. The number of aromatic nitrogens is 3. The summed E-state index contributed by atoms with van der Waals surface area (Å²) in [4.78, 5) is 4.06. The van der Waals surface area contributed by atoms with Gasteiger partial charge in [0.2, 0.25) is 0 Å². The Hall–Kier alpha value is -1.24.